The topological polar surface area (TPSA) is 17.1 Å². The van der Waals surface area contributed by atoms with E-state index in [1.54, 1.807) is 0 Å². The van der Waals surface area contributed by atoms with Crippen LogP contribution in [0.15, 0.2) is 36.4 Å². The molecule has 20 heavy (non-hydrogen) atoms. The van der Waals surface area contributed by atoms with Crippen LogP contribution in [0.3, 0.4) is 0 Å². The van der Waals surface area contributed by atoms with E-state index in [0.717, 1.165) is 42.6 Å². The zero-order valence-corrected chi connectivity index (χ0v) is 11.9. The van der Waals surface area contributed by atoms with Gasteiger partial charge in [0.1, 0.15) is 0 Å². The predicted octanol–water partition coefficient (Wildman–Crippen LogP) is 4.49. The maximum atomic E-state index is 12.8. The number of carbonyl (C=O) groups is 1. The molecule has 4 aliphatic rings. The zero-order chi connectivity index (χ0) is 13.6. The molecule has 0 atom stereocenters. The third kappa shape index (κ3) is 2.04. The molecule has 0 unspecified atom stereocenters. The number of hydrogen-bond acceptors (Lipinski definition) is 1. The third-order valence-corrected chi connectivity index (χ3v) is 5.79. The van der Waals surface area contributed by atoms with E-state index in [9.17, 15) is 4.79 Å². The van der Waals surface area contributed by atoms with Gasteiger partial charge in [-0.25, -0.2) is 0 Å². The van der Waals surface area contributed by atoms with Crippen LogP contribution in [-0.2, 0) is 4.79 Å². The van der Waals surface area contributed by atoms with Gasteiger partial charge in [-0.1, -0.05) is 36.4 Å². The van der Waals surface area contributed by atoms with Crippen molar-refractivity contribution in [2.75, 3.05) is 0 Å². The highest BCUT2D eigenvalue weighted by Crippen LogP contribution is 2.60. The van der Waals surface area contributed by atoms with Gasteiger partial charge in [0.15, 0.2) is 5.78 Å². The minimum absolute atomic E-state index is 0.0139. The lowest BCUT2D eigenvalue weighted by molar-refractivity contribution is -0.138. The van der Waals surface area contributed by atoms with Crippen molar-refractivity contribution in [1.29, 1.82) is 0 Å². The molecule has 0 saturated heterocycles. The van der Waals surface area contributed by atoms with Crippen molar-refractivity contribution in [2.24, 2.45) is 23.2 Å². The summed E-state index contributed by atoms with van der Waals surface area (Å²) < 4.78 is 0. The Kier molecular flexibility index (Phi) is 2.83. The second kappa shape index (κ2) is 4.58. The van der Waals surface area contributed by atoms with E-state index in [2.05, 4.69) is 12.1 Å². The zero-order valence-electron chi connectivity index (χ0n) is 11.9. The van der Waals surface area contributed by atoms with Gasteiger partial charge in [0, 0.05) is 5.41 Å². The van der Waals surface area contributed by atoms with Crippen molar-refractivity contribution in [1.82, 2.24) is 0 Å². The van der Waals surface area contributed by atoms with Gasteiger partial charge in [0.2, 0.25) is 0 Å². The van der Waals surface area contributed by atoms with Crippen LogP contribution in [0.4, 0.5) is 0 Å². The lowest BCUT2D eigenvalue weighted by Gasteiger charge is -2.55. The van der Waals surface area contributed by atoms with Crippen molar-refractivity contribution in [3.8, 4) is 0 Å². The van der Waals surface area contributed by atoms with E-state index in [1.165, 1.54) is 19.3 Å². The standard InChI is InChI=1S/C19H22O/c20-18(7-6-14-4-2-1-3-5-14)19-11-15-8-16(12-19)10-17(9-15)13-19/h1-7,15-17H,8-13H2/b7-6+. The van der Waals surface area contributed by atoms with Gasteiger partial charge in [-0.3, -0.25) is 4.79 Å². The maximum absolute atomic E-state index is 12.8. The first kappa shape index (κ1) is 12.4. The Hall–Kier alpha value is -1.37. The van der Waals surface area contributed by atoms with E-state index in [-0.39, 0.29) is 5.41 Å². The molecule has 1 heteroatoms. The van der Waals surface area contributed by atoms with Crippen LogP contribution in [0.1, 0.15) is 44.1 Å². The second-order valence-corrected chi connectivity index (χ2v) is 7.31. The second-order valence-electron chi connectivity index (χ2n) is 7.31. The van der Waals surface area contributed by atoms with Crippen LogP contribution in [0.5, 0.6) is 0 Å². The summed E-state index contributed by atoms with van der Waals surface area (Å²) >= 11 is 0. The monoisotopic (exact) mass is 266 g/mol. The summed E-state index contributed by atoms with van der Waals surface area (Å²) in [6.45, 7) is 0. The summed E-state index contributed by atoms with van der Waals surface area (Å²) in [7, 11) is 0. The number of hydrogen-bond donors (Lipinski definition) is 0. The number of rotatable bonds is 3. The Morgan fingerprint density at radius 2 is 1.50 bits per heavy atom. The molecule has 4 bridgehead atoms. The Bertz CT molecular complexity index is 505. The molecular formula is C19H22O. The van der Waals surface area contributed by atoms with Gasteiger partial charge >= 0.3 is 0 Å². The molecule has 0 radical (unpaired) electrons. The fraction of sp³-hybridized carbons (Fsp3) is 0.526. The number of carbonyl (C=O) groups excluding carboxylic acids is 1. The van der Waals surface area contributed by atoms with Crippen molar-refractivity contribution >= 4 is 11.9 Å². The number of allylic oxidation sites excluding steroid dienone is 1. The highest BCUT2D eigenvalue weighted by Gasteiger charge is 2.53. The molecular weight excluding hydrogens is 244 g/mol. The number of benzene rings is 1. The summed E-state index contributed by atoms with van der Waals surface area (Å²) in [5.74, 6) is 2.93. The van der Waals surface area contributed by atoms with E-state index in [4.69, 9.17) is 0 Å². The molecule has 4 fully saturated rings. The van der Waals surface area contributed by atoms with Gasteiger partial charge in [-0.05, 0) is 67.9 Å². The Labute approximate surface area is 121 Å². The fourth-order valence-electron chi connectivity index (χ4n) is 5.33. The van der Waals surface area contributed by atoms with Gasteiger partial charge in [-0.2, -0.15) is 0 Å². The number of ketones is 1. The lowest BCUT2D eigenvalue weighted by atomic mass is 9.48. The van der Waals surface area contributed by atoms with Gasteiger partial charge < -0.3 is 0 Å². The molecule has 1 aromatic rings. The van der Waals surface area contributed by atoms with Crippen molar-refractivity contribution in [3.63, 3.8) is 0 Å². The highest BCUT2D eigenvalue weighted by molar-refractivity contribution is 5.98. The molecule has 4 saturated carbocycles. The van der Waals surface area contributed by atoms with Gasteiger partial charge in [0.25, 0.3) is 0 Å². The van der Waals surface area contributed by atoms with Crippen LogP contribution < -0.4 is 0 Å². The van der Waals surface area contributed by atoms with Crippen molar-refractivity contribution < 1.29 is 4.79 Å². The van der Waals surface area contributed by atoms with Crippen molar-refractivity contribution in [3.05, 3.63) is 42.0 Å². The van der Waals surface area contributed by atoms with Crippen LogP contribution in [-0.4, -0.2) is 5.78 Å². The van der Waals surface area contributed by atoms with E-state index in [1.807, 2.05) is 30.4 Å². The van der Waals surface area contributed by atoms with E-state index >= 15 is 0 Å². The quantitative estimate of drug-likeness (QED) is 0.737. The fourth-order valence-corrected chi connectivity index (χ4v) is 5.33. The molecule has 104 valence electrons. The molecule has 0 N–H and O–H groups in total. The average molecular weight is 266 g/mol. The third-order valence-electron chi connectivity index (χ3n) is 5.79. The van der Waals surface area contributed by atoms with E-state index < -0.39 is 0 Å². The molecule has 0 heterocycles. The Morgan fingerprint density at radius 1 is 0.950 bits per heavy atom. The lowest BCUT2D eigenvalue weighted by Crippen LogP contribution is -2.49. The minimum atomic E-state index is 0.0139. The SMILES string of the molecule is O=C(/C=C/c1ccccc1)C12CC3CC(CC(C3)C1)C2. The van der Waals surface area contributed by atoms with E-state index in [0.29, 0.717) is 5.78 Å². The van der Waals surface area contributed by atoms with Crippen LogP contribution in [0.25, 0.3) is 6.08 Å². The van der Waals surface area contributed by atoms with Crippen molar-refractivity contribution in [2.45, 2.75) is 38.5 Å². The summed E-state index contributed by atoms with van der Waals surface area (Å²) in [4.78, 5) is 12.8. The molecule has 0 aliphatic heterocycles. The molecule has 0 spiro atoms. The summed E-state index contributed by atoms with van der Waals surface area (Å²) in [6, 6.07) is 10.2. The smallest absolute Gasteiger partial charge is 0.161 e. The molecule has 5 rings (SSSR count). The van der Waals surface area contributed by atoms with Gasteiger partial charge in [-0.15, -0.1) is 0 Å². The molecule has 1 nitrogen and oxygen atoms in total. The summed E-state index contributed by atoms with van der Waals surface area (Å²) in [5.41, 5.74) is 1.14. The molecule has 4 aliphatic carbocycles. The predicted molar refractivity (Wildman–Crippen MR) is 81.1 cm³/mol. The van der Waals surface area contributed by atoms with Crippen LogP contribution >= 0.6 is 0 Å². The first-order valence-electron chi connectivity index (χ1n) is 8.01. The Morgan fingerprint density at radius 3 is 2.05 bits per heavy atom. The van der Waals surface area contributed by atoms with Crippen LogP contribution in [0.2, 0.25) is 0 Å². The molecule has 1 aromatic carbocycles. The maximum Gasteiger partial charge on any atom is 0.161 e. The highest BCUT2D eigenvalue weighted by atomic mass is 16.1. The first-order valence-corrected chi connectivity index (χ1v) is 8.01. The molecule has 0 aromatic heterocycles. The summed E-state index contributed by atoms with van der Waals surface area (Å²) in [5, 5.41) is 0. The van der Waals surface area contributed by atoms with Crippen LogP contribution in [0, 0.1) is 23.2 Å². The normalized spacial score (nSPS) is 38.5. The first-order chi connectivity index (χ1) is 9.73. The summed E-state index contributed by atoms with van der Waals surface area (Å²) in [6.07, 6.45) is 11.5. The average Bonchev–Trinajstić information content (AvgIpc) is 2.44. The minimum Gasteiger partial charge on any atom is -0.294 e. The Balaban J connectivity index is 1.55. The van der Waals surface area contributed by atoms with Gasteiger partial charge in [0.05, 0.1) is 0 Å². The largest absolute Gasteiger partial charge is 0.294 e. The molecule has 0 amide bonds.